The van der Waals surface area contributed by atoms with E-state index in [1.54, 1.807) is 11.8 Å². The van der Waals surface area contributed by atoms with Crippen molar-refractivity contribution in [3.05, 3.63) is 29.8 Å². The molecule has 0 aromatic heterocycles. The summed E-state index contributed by atoms with van der Waals surface area (Å²) >= 11 is 1.76. The van der Waals surface area contributed by atoms with Crippen LogP contribution in [0, 0.1) is 11.8 Å². The number of nitrogens with one attached hydrogen (secondary N) is 1. The Balaban J connectivity index is 0.00000208. The lowest BCUT2D eigenvalue weighted by atomic mass is 9.67. The van der Waals surface area contributed by atoms with Crippen LogP contribution in [0.5, 0.6) is 0 Å². The van der Waals surface area contributed by atoms with Crippen LogP contribution < -0.4 is 11.1 Å². The molecule has 2 bridgehead atoms. The van der Waals surface area contributed by atoms with Crippen molar-refractivity contribution < 1.29 is 4.79 Å². The molecule has 1 aromatic rings. The predicted octanol–water partition coefficient (Wildman–Crippen LogP) is 4.24. The quantitative estimate of drug-likeness (QED) is 0.781. The molecule has 2 atom stereocenters. The molecule has 0 aliphatic heterocycles. The number of halogens is 1. The summed E-state index contributed by atoms with van der Waals surface area (Å²) in [6, 6.07) is 8.60. The van der Waals surface area contributed by atoms with Gasteiger partial charge in [0.15, 0.2) is 0 Å². The summed E-state index contributed by atoms with van der Waals surface area (Å²) < 4.78 is 0. The lowest BCUT2D eigenvalue weighted by Gasteiger charge is -2.45. The van der Waals surface area contributed by atoms with Gasteiger partial charge in [-0.1, -0.05) is 32.4 Å². The van der Waals surface area contributed by atoms with Crippen LogP contribution in [0.1, 0.15) is 56.3 Å². The molecule has 2 unspecified atom stereocenters. The number of rotatable bonds is 4. The molecule has 0 heterocycles. The number of nitrogens with two attached hydrogens (primary N) is 1. The highest BCUT2D eigenvalue weighted by Gasteiger charge is 2.40. The van der Waals surface area contributed by atoms with E-state index in [0.717, 1.165) is 23.3 Å². The smallest absolute Gasteiger partial charge is 0.252 e. The van der Waals surface area contributed by atoms with Crippen molar-refractivity contribution in [2.24, 2.45) is 17.6 Å². The average molecular weight is 369 g/mol. The van der Waals surface area contributed by atoms with E-state index in [1.165, 1.54) is 19.3 Å². The molecule has 3 rings (SSSR count). The Labute approximate surface area is 155 Å². The fourth-order valence-corrected chi connectivity index (χ4v) is 5.22. The van der Waals surface area contributed by atoms with Crippen LogP contribution in [0.2, 0.25) is 0 Å². The summed E-state index contributed by atoms with van der Waals surface area (Å²) in [7, 11) is 0. The van der Waals surface area contributed by atoms with Crippen LogP contribution in [0.25, 0.3) is 0 Å². The van der Waals surface area contributed by atoms with Gasteiger partial charge < -0.3 is 11.1 Å². The van der Waals surface area contributed by atoms with E-state index in [2.05, 4.69) is 25.2 Å². The summed E-state index contributed by atoms with van der Waals surface area (Å²) in [5, 5.41) is 3.83. The number of thioether (sulfide) groups is 1. The van der Waals surface area contributed by atoms with E-state index >= 15 is 0 Å². The van der Waals surface area contributed by atoms with Gasteiger partial charge in [-0.05, 0) is 49.7 Å². The summed E-state index contributed by atoms with van der Waals surface area (Å²) in [6.45, 7) is 4.32. The topological polar surface area (TPSA) is 55.1 Å². The Morgan fingerprint density at radius 2 is 1.83 bits per heavy atom. The summed E-state index contributed by atoms with van der Waals surface area (Å²) in [6.07, 6.45) is 5.82. The molecule has 2 aliphatic rings. The first-order valence-electron chi connectivity index (χ1n) is 8.86. The zero-order valence-corrected chi connectivity index (χ0v) is 16.2. The van der Waals surface area contributed by atoms with Crippen LogP contribution in [-0.2, 0) is 0 Å². The molecule has 2 saturated carbocycles. The molecule has 1 aromatic carbocycles. The third-order valence-electron chi connectivity index (χ3n) is 5.17. The third-order valence-corrected chi connectivity index (χ3v) is 6.25. The standard InChI is InChI=1S/C19H28N2OS.ClH/c1-12(2)23-17-9-4-3-8-16(17)19(22)21-18-13-6-5-7-14(18)11-15(20)10-13;/h3-4,8-9,12-15,18H,5-7,10-11,20H2,1-2H3,(H,21,22);1H. The molecule has 1 amide bonds. The number of carbonyl (C=O) groups excluding carboxylic acids is 1. The molecule has 2 fully saturated rings. The van der Waals surface area contributed by atoms with Crippen molar-refractivity contribution in [2.75, 3.05) is 0 Å². The van der Waals surface area contributed by atoms with E-state index in [-0.39, 0.29) is 18.3 Å². The van der Waals surface area contributed by atoms with Gasteiger partial charge in [-0.15, -0.1) is 24.2 Å². The van der Waals surface area contributed by atoms with Gasteiger partial charge >= 0.3 is 0 Å². The first-order chi connectivity index (χ1) is 11.0. The molecule has 134 valence electrons. The molecule has 0 spiro atoms. The molecule has 3 nitrogen and oxygen atoms in total. The minimum Gasteiger partial charge on any atom is -0.349 e. The van der Waals surface area contributed by atoms with E-state index in [4.69, 9.17) is 5.73 Å². The van der Waals surface area contributed by atoms with Crippen molar-refractivity contribution in [1.29, 1.82) is 0 Å². The van der Waals surface area contributed by atoms with E-state index in [0.29, 0.717) is 29.2 Å². The number of fused-ring (bicyclic) bond motifs is 2. The van der Waals surface area contributed by atoms with Gasteiger partial charge in [-0.3, -0.25) is 4.79 Å². The van der Waals surface area contributed by atoms with Crippen molar-refractivity contribution in [3.63, 3.8) is 0 Å². The SMILES string of the molecule is CC(C)Sc1ccccc1C(=O)NC1C2CCCC1CC(N)C2.Cl. The highest BCUT2D eigenvalue weighted by Crippen LogP contribution is 2.40. The number of benzene rings is 1. The molecular weight excluding hydrogens is 340 g/mol. The van der Waals surface area contributed by atoms with Gasteiger partial charge in [-0.25, -0.2) is 0 Å². The van der Waals surface area contributed by atoms with Crippen molar-refractivity contribution in [2.45, 2.75) is 68.2 Å². The number of hydrogen-bond acceptors (Lipinski definition) is 3. The van der Waals surface area contributed by atoms with Crippen LogP contribution in [0.15, 0.2) is 29.2 Å². The minimum absolute atomic E-state index is 0. The van der Waals surface area contributed by atoms with Crippen LogP contribution in [0.3, 0.4) is 0 Å². The van der Waals surface area contributed by atoms with E-state index in [1.807, 2.05) is 18.2 Å². The fraction of sp³-hybridized carbons (Fsp3) is 0.632. The molecule has 24 heavy (non-hydrogen) atoms. The zero-order chi connectivity index (χ0) is 16.4. The first-order valence-corrected chi connectivity index (χ1v) is 9.74. The Bertz CT molecular complexity index is 552. The van der Waals surface area contributed by atoms with Gasteiger partial charge in [0.25, 0.3) is 5.91 Å². The Morgan fingerprint density at radius 1 is 1.21 bits per heavy atom. The highest BCUT2D eigenvalue weighted by molar-refractivity contribution is 8.00. The maximum absolute atomic E-state index is 12.9. The van der Waals surface area contributed by atoms with E-state index in [9.17, 15) is 4.79 Å². The fourth-order valence-electron chi connectivity index (χ4n) is 4.26. The lowest BCUT2D eigenvalue weighted by Crippen LogP contribution is -2.53. The molecule has 3 N–H and O–H groups in total. The van der Waals surface area contributed by atoms with Crippen molar-refractivity contribution >= 4 is 30.1 Å². The van der Waals surface area contributed by atoms with E-state index < -0.39 is 0 Å². The number of amides is 1. The maximum Gasteiger partial charge on any atom is 0.252 e. The normalized spacial score (nSPS) is 29.0. The average Bonchev–Trinajstić information content (AvgIpc) is 2.48. The third kappa shape index (κ3) is 4.47. The van der Waals surface area contributed by atoms with Crippen molar-refractivity contribution in [1.82, 2.24) is 5.32 Å². The van der Waals surface area contributed by atoms with Gasteiger partial charge in [0, 0.05) is 22.2 Å². The van der Waals surface area contributed by atoms with Crippen molar-refractivity contribution in [3.8, 4) is 0 Å². The summed E-state index contributed by atoms with van der Waals surface area (Å²) in [5.74, 6) is 1.21. The Kier molecular flexibility index (Phi) is 7.02. The molecule has 0 saturated heterocycles. The highest BCUT2D eigenvalue weighted by atomic mass is 35.5. The second-order valence-corrected chi connectivity index (χ2v) is 8.96. The lowest BCUT2D eigenvalue weighted by molar-refractivity contribution is 0.0753. The molecule has 5 heteroatoms. The van der Waals surface area contributed by atoms with Gasteiger partial charge in [0.1, 0.15) is 0 Å². The van der Waals surface area contributed by atoms with Crippen LogP contribution >= 0.6 is 24.2 Å². The molecule has 0 radical (unpaired) electrons. The van der Waals surface area contributed by atoms with Crippen LogP contribution in [-0.4, -0.2) is 23.2 Å². The van der Waals surface area contributed by atoms with Crippen LogP contribution in [0.4, 0.5) is 0 Å². The van der Waals surface area contributed by atoms with Gasteiger partial charge in [-0.2, -0.15) is 0 Å². The maximum atomic E-state index is 12.9. The largest absolute Gasteiger partial charge is 0.349 e. The molecule has 2 aliphatic carbocycles. The van der Waals surface area contributed by atoms with Gasteiger partial charge in [0.05, 0.1) is 5.56 Å². The Hall–Kier alpha value is -0.710. The summed E-state index contributed by atoms with van der Waals surface area (Å²) in [4.78, 5) is 14.0. The minimum atomic E-state index is 0. The zero-order valence-electron chi connectivity index (χ0n) is 14.5. The summed E-state index contributed by atoms with van der Waals surface area (Å²) in [5.41, 5.74) is 7.01. The van der Waals surface area contributed by atoms with Gasteiger partial charge in [0.2, 0.25) is 0 Å². The second-order valence-electron chi connectivity index (χ2n) is 7.34. The predicted molar refractivity (Wildman–Crippen MR) is 104 cm³/mol. The molecular formula is C19H29ClN2OS. The Morgan fingerprint density at radius 3 is 2.46 bits per heavy atom. The number of carbonyl (C=O) groups is 1. The second kappa shape index (κ2) is 8.59. The monoisotopic (exact) mass is 368 g/mol. The first kappa shape index (κ1) is 19.6. The number of hydrogen-bond donors (Lipinski definition) is 2.